The summed E-state index contributed by atoms with van der Waals surface area (Å²) in [7, 11) is 1.78. The van der Waals surface area contributed by atoms with Gasteiger partial charge >= 0.3 is 0 Å². The second kappa shape index (κ2) is 8.63. The minimum absolute atomic E-state index is 0.189. The van der Waals surface area contributed by atoms with Crippen molar-refractivity contribution in [3.05, 3.63) is 35.9 Å². The van der Waals surface area contributed by atoms with E-state index in [1.54, 1.807) is 7.11 Å². The predicted molar refractivity (Wildman–Crippen MR) is 96.2 cm³/mol. The molecule has 0 unspecified atom stereocenters. The number of ether oxygens (including phenoxy) is 1. The molecule has 1 aromatic rings. The summed E-state index contributed by atoms with van der Waals surface area (Å²) in [6, 6.07) is 10.4. The molecule has 132 valence electrons. The molecule has 24 heavy (non-hydrogen) atoms. The van der Waals surface area contributed by atoms with Crippen molar-refractivity contribution in [3.63, 3.8) is 0 Å². The molecule has 2 saturated heterocycles. The van der Waals surface area contributed by atoms with Crippen LogP contribution in [0.15, 0.2) is 30.3 Å². The molecule has 1 amide bonds. The average Bonchev–Trinajstić information content (AvgIpc) is 2.67. The number of carbonyl (C=O) groups is 1. The summed E-state index contributed by atoms with van der Waals surface area (Å²) < 4.78 is 5.28. The third kappa shape index (κ3) is 4.17. The molecule has 0 bridgehead atoms. The maximum atomic E-state index is 12.6. The quantitative estimate of drug-likeness (QED) is 0.832. The van der Waals surface area contributed by atoms with E-state index in [-0.39, 0.29) is 5.91 Å². The number of methoxy groups -OCH3 is 1. The van der Waals surface area contributed by atoms with Gasteiger partial charge in [-0.1, -0.05) is 24.6 Å². The minimum Gasteiger partial charge on any atom is -0.383 e. The average molecular weight is 330 g/mol. The molecule has 0 aliphatic carbocycles. The van der Waals surface area contributed by atoms with Crippen molar-refractivity contribution in [3.8, 4) is 0 Å². The number of hydrogen-bond acceptors (Lipinski definition) is 3. The Labute approximate surface area is 145 Å². The Morgan fingerprint density at radius 1 is 1.08 bits per heavy atom. The number of rotatable bonds is 5. The number of benzene rings is 1. The summed E-state index contributed by atoms with van der Waals surface area (Å²) in [6.45, 7) is 4.86. The monoisotopic (exact) mass is 330 g/mol. The molecule has 4 nitrogen and oxygen atoms in total. The summed E-state index contributed by atoms with van der Waals surface area (Å²) in [5.74, 6) is 0.913. The van der Waals surface area contributed by atoms with E-state index in [2.05, 4.69) is 4.90 Å². The Hall–Kier alpha value is -1.39. The van der Waals surface area contributed by atoms with Gasteiger partial charge in [-0.2, -0.15) is 0 Å². The molecule has 3 rings (SSSR count). The number of hydrogen-bond donors (Lipinski definition) is 0. The van der Waals surface area contributed by atoms with Crippen molar-refractivity contribution >= 4 is 5.91 Å². The van der Waals surface area contributed by atoms with Gasteiger partial charge in [-0.15, -0.1) is 0 Å². The van der Waals surface area contributed by atoms with Crippen LogP contribution in [0.3, 0.4) is 0 Å². The molecule has 0 N–H and O–H groups in total. The SMILES string of the molecule is COCCN1CCCC[C@@H]1C1CCN(C(=O)c2ccccc2)CC1. The third-order valence-corrected chi connectivity index (χ3v) is 5.64. The molecule has 2 aliphatic rings. The van der Waals surface area contributed by atoms with Crippen LogP contribution in [0, 0.1) is 5.92 Å². The van der Waals surface area contributed by atoms with Crippen molar-refractivity contribution in [2.75, 3.05) is 39.9 Å². The van der Waals surface area contributed by atoms with Crippen molar-refractivity contribution in [1.29, 1.82) is 0 Å². The topological polar surface area (TPSA) is 32.8 Å². The zero-order valence-electron chi connectivity index (χ0n) is 14.8. The second-order valence-corrected chi connectivity index (χ2v) is 7.09. The number of likely N-dealkylation sites (tertiary alicyclic amines) is 2. The normalized spacial score (nSPS) is 23.4. The third-order valence-electron chi connectivity index (χ3n) is 5.64. The van der Waals surface area contributed by atoms with Crippen LogP contribution in [0.25, 0.3) is 0 Å². The van der Waals surface area contributed by atoms with Crippen LogP contribution < -0.4 is 0 Å². The predicted octanol–water partition coefficient (Wildman–Crippen LogP) is 3.04. The maximum Gasteiger partial charge on any atom is 0.253 e. The van der Waals surface area contributed by atoms with Gasteiger partial charge in [0.15, 0.2) is 0 Å². The summed E-state index contributed by atoms with van der Waals surface area (Å²) in [6.07, 6.45) is 6.23. The number of amides is 1. The summed E-state index contributed by atoms with van der Waals surface area (Å²) in [4.78, 5) is 17.3. The van der Waals surface area contributed by atoms with Gasteiger partial charge in [0, 0.05) is 38.3 Å². The highest BCUT2D eigenvalue weighted by molar-refractivity contribution is 5.94. The molecule has 0 spiro atoms. The fourth-order valence-corrected chi connectivity index (χ4v) is 4.29. The van der Waals surface area contributed by atoms with E-state index in [1.807, 2.05) is 35.2 Å². The van der Waals surface area contributed by atoms with Gasteiger partial charge < -0.3 is 9.64 Å². The lowest BCUT2D eigenvalue weighted by Crippen LogP contribution is -2.49. The standard InChI is InChI=1S/C20H30N2O2/c1-24-16-15-21-12-6-5-9-19(21)17-10-13-22(14-11-17)20(23)18-7-3-2-4-8-18/h2-4,7-8,17,19H,5-6,9-16H2,1H3/t19-/m1/s1. The van der Waals surface area contributed by atoms with E-state index in [0.717, 1.165) is 50.6 Å². The van der Waals surface area contributed by atoms with Crippen LogP contribution in [-0.2, 0) is 4.74 Å². The number of carbonyl (C=O) groups excluding carboxylic acids is 1. The highest BCUT2D eigenvalue weighted by atomic mass is 16.5. The molecule has 0 saturated carbocycles. The Balaban J connectivity index is 1.55. The molecule has 0 aromatic heterocycles. The Morgan fingerprint density at radius 3 is 2.54 bits per heavy atom. The molecular formula is C20H30N2O2. The maximum absolute atomic E-state index is 12.6. The lowest BCUT2D eigenvalue weighted by molar-refractivity contribution is 0.0374. The van der Waals surface area contributed by atoms with E-state index >= 15 is 0 Å². The van der Waals surface area contributed by atoms with Gasteiger partial charge in [0.25, 0.3) is 5.91 Å². The minimum atomic E-state index is 0.189. The molecular weight excluding hydrogens is 300 g/mol. The lowest BCUT2D eigenvalue weighted by atomic mass is 9.83. The lowest BCUT2D eigenvalue weighted by Gasteiger charge is -2.43. The van der Waals surface area contributed by atoms with Crippen molar-refractivity contribution in [1.82, 2.24) is 9.80 Å². The van der Waals surface area contributed by atoms with Crippen LogP contribution >= 0.6 is 0 Å². The first-order valence-corrected chi connectivity index (χ1v) is 9.37. The molecule has 1 atom stereocenters. The zero-order chi connectivity index (χ0) is 16.8. The summed E-state index contributed by atoms with van der Waals surface area (Å²) in [5.41, 5.74) is 0.815. The molecule has 4 heteroatoms. The molecule has 1 aromatic carbocycles. The number of piperidine rings is 2. The highest BCUT2D eigenvalue weighted by Crippen LogP contribution is 2.30. The van der Waals surface area contributed by atoms with Crippen LogP contribution in [0.4, 0.5) is 0 Å². The summed E-state index contributed by atoms with van der Waals surface area (Å²) in [5, 5.41) is 0. The van der Waals surface area contributed by atoms with E-state index in [0.29, 0.717) is 6.04 Å². The van der Waals surface area contributed by atoms with Gasteiger partial charge in [-0.25, -0.2) is 0 Å². The van der Waals surface area contributed by atoms with Crippen LogP contribution in [0.5, 0.6) is 0 Å². The van der Waals surface area contributed by atoms with E-state index in [9.17, 15) is 4.79 Å². The van der Waals surface area contributed by atoms with E-state index < -0.39 is 0 Å². The zero-order valence-corrected chi connectivity index (χ0v) is 14.8. The Morgan fingerprint density at radius 2 is 1.83 bits per heavy atom. The van der Waals surface area contributed by atoms with Crippen molar-refractivity contribution in [2.45, 2.75) is 38.1 Å². The molecule has 2 aliphatic heterocycles. The van der Waals surface area contributed by atoms with Crippen LogP contribution in [0.1, 0.15) is 42.5 Å². The molecule has 2 fully saturated rings. The van der Waals surface area contributed by atoms with Crippen LogP contribution in [0.2, 0.25) is 0 Å². The fraction of sp³-hybridized carbons (Fsp3) is 0.650. The molecule has 0 radical (unpaired) electrons. The first kappa shape index (κ1) is 17.4. The van der Waals surface area contributed by atoms with Crippen molar-refractivity contribution in [2.24, 2.45) is 5.92 Å². The Bertz CT molecular complexity index is 512. The van der Waals surface area contributed by atoms with Gasteiger partial charge in [-0.05, 0) is 50.3 Å². The molecule has 2 heterocycles. The largest absolute Gasteiger partial charge is 0.383 e. The Kier molecular flexibility index (Phi) is 6.27. The highest BCUT2D eigenvalue weighted by Gasteiger charge is 2.33. The smallest absolute Gasteiger partial charge is 0.253 e. The van der Waals surface area contributed by atoms with Gasteiger partial charge in [0.1, 0.15) is 0 Å². The van der Waals surface area contributed by atoms with Crippen LogP contribution in [-0.4, -0.2) is 61.6 Å². The van der Waals surface area contributed by atoms with Gasteiger partial charge in [0.2, 0.25) is 0 Å². The van der Waals surface area contributed by atoms with Gasteiger partial charge in [0.05, 0.1) is 6.61 Å². The van der Waals surface area contributed by atoms with E-state index in [4.69, 9.17) is 4.74 Å². The van der Waals surface area contributed by atoms with E-state index in [1.165, 1.54) is 25.8 Å². The second-order valence-electron chi connectivity index (χ2n) is 7.09. The van der Waals surface area contributed by atoms with Gasteiger partial charge in [-0.3, -0.25) is 9.69 Å². The first-order chi connectivity index (χ1) is 11.8. The first-order valence-electron chi connectivity index (χ1n) is 9.37. The fourth-order valence-electron chi connectivity index (χ4n) is 4.29. The number of nitrogens with zero attached hydrogens (tertiary/aromatic N) is 2. The van der Waals surface area contributed by atoms with Crippen molar-refractivity contribution < 1.29 is 9.53 Å². The summed E-state index contributed by atoms with van der Waals surface area (Å²) >= 11 is 0.